The molecule has 1 aliphatic heterocycles. The number of amides is 1. The van der Waals surface area contributed by atoms with E-state index >= 15 is 0 Å². The number of carbonyl (C=O) groups excluding carboxylic acids is 2. The van der Waals surface area contributed by atoms with Crippen molar-refractivity contribution in [2.75, 3.05) is 19.7 Å². The summed E-state index contributed by atoms with van der Waals surface area (Å²) < 4.78 is 5.02. The number of aromatic nitrogens is 1. The van der Waals surface area contributed by atoms with Gasteiger partial charge in [0.2, 0.25) is 0 Å². The topological polar surface area (TPSA) is 59.5 Å². The van der Waals surface area contributed by atoms with Crippen LogP contribution in [0.2, 0.25) is 5.02 Å². The fourth-order valence-electron chi connectivity index (χ4n) is 2.28. The number of halogens is 1. The van der Waals surface area contributed by atoms with E-state index in [1.807, 2.05) is 0 Å². The Morgan fingerprint density at radius 2 is 2.30 bits per heavy atom. The summed E-state index contributed by atoms with van der Waals surface area (Å²) in [6.45, 7) is 3.17. The van der Waals surface area contributed by atoms with E-state index in [4.69, 9.17) is 16.3 Å². The third-order valence-electron chi connectivity index (χ3n) is 3.28. The van der Waals surface area contributed by atoms with Crippen LogP contribution in [0.1, 0.15) is 30.3 Å². The molecule has 0 spiro atoms. The van der Waals surface area contributed by atoms with Crippen molar-refractivity contribution in [1.82, 2.24) is 9.88 Å². The number of rotatable bonds is 3. The first-order chi connectivity index (χ1) is 9.61. The number of hydrogen-bond acceptors (Lipinski definition) is 4. The Morgan fingerprint density at radius 3 is 2.95 bits per heavy atom. The Kier molecular flexibility index (Phi) is 4.95. The maximum atomic E-state index is 12.3. The summed E-state index contributed by atoms with van der Waals surface area (Å²) in [5.41, 5.74) is 0.346. The molecule has 1 aromatic heterocycles. The molecule has 6 heteroatoms. The van der Waals surface area contributed by atoms with Crippen molar-refractivity contribution in [3.05, 3.63) is 29.0 Å². The molecule has 0 radical (unpaired) electrons. The lowest BCUT2D eigenvalue weighted by atomic mass is 9.98. The zero-order chi connectivity index (χ0) is 14.5. The van der Waals surface area contributed by atoms with Crippen molar-refractivity contribution in [3.8, 4) is 0 Å². The van der Waals surface area contributed by atoms with Crippen LogP contribution >= 0.6 is 11.6 Å². The van der Waals surface area contributed by atoms with E-state index in [2.05, 4.69) is 4.98 Å². The maximum absolute atomic E-state index is 12.3. The Morgan fingerprint density at radius 1 is 1.50 bits per heavy atom. The number of likely N-dealkylation sites (tertiary alicyclic amines) is 1. The highest BCUT2D eigenvalue weighted by molar-refractivity contribution is 6.30. The second kappa shape index (κ2) is 6.70. The van der Waals surface area contributed by atoms with Gasteiger partial charge in [-0.05, 0) is 31.9 Å². The lowest BCUT2D eigenvalue weighted by molar-refractivity contribution is -0.149. The predicted molar refractivity (Wildman–Crippen MR) is 74.5 cm³/mol. The van der Waals surface area contributed by atoms with E-state index in [9.17, 15) is 9.59 Å². The van der Waals surface area contributed by atoms with Crippen molar-refractivity contribution in [2.45, 2.75) is 19.8 Å². The SMILES string of the molecule is CCOC(=O)[C@H]1CCCN(C(=O)c2ccc(Cl)cn2)C1. The van der Waals surface area contributed by atoms with Crippen LogP contribution < -0.4 is 0 Å². The van der Waals surface area contributed by atoms with Crippen LogP contribution in [0.25, 0.3) is 0 Å². The molecule has 2 rings (SSSR count). The van der Waals surface area contributed by atoms with Gasteiger partial charge in [-0.25, -0.2) is 4.98 Å². The van der Waals surface area contributed by atoms with Crippen LogP contribution in [0.5, 0.6) is 0 Å². The molecular formula is C14H17ClN2O3. The molecule has 1 amide bonds. The van der Waals surface area contributed by atoms with Gasteiger partial charge in [0.1, 0.15) is 5.69 Å². The monoisotopic (exact) mass is 296 g/mol. The molecule has 0 bridgehead atoms. The average Bonchev–Trinajstić information content (AvgIpc) is 2.48. The highest BCUT2D eigenvalue weighted by atomic mass is 35.5. The van der Waals surface area contributed by atoms with Crippen LogP contribution in [-0.4, -0.2) is 41.5 Å². The molecule has 1 aromatic rings. The van der Waals surface area contributed by atoms with Gasteiger partial charge in [0, 0.05) is 19.3 Å². The number of ether oxygens (including phenoxy) is 1. The molecule has 0 saturated carbocycles. The number of nitrogens with zero attached hydrogens (tertiary/aromatic N) is 2. The van der Waals surface area contributed by atoms with Gasteiger partial charge in [0.15, 0.2) is 0 Å². The Hall–Kier alpha value is -1.62. The molecule has 0 N–H and O–H groups in total. The third-order valence-corrected chi connectivity index (χ3v) is 3.50. The first-order valence-corrected chi connectivity index (χ1v) is 7.07. The number of carbonyl (C=O) groups is 2. The largest absolute Gasteiger partial charge is 0.466 e. The summed E-state index contributed by atoms with van der Waals surface area (Å²) in [6.07, 6.45) is 3.00. The van der Waals surface area contributed by atoms with Crippen LogP contribution in [0.4, 0.5) is 0 Å². The molecule has 20 heavy (non-hydrogen) atoms. The molecule has 1 fully saturated rings. The zero-order valence-corrected chi connectivity index (χ0v) is 12.1. The lowest BCUT2D eigenvalue weighted by Gasteiger charge is -2.31. The molecule has 1 saturated heterocycles. The normalized spacial score (nSPS) is 18.7. The van der Waals surface area contributed by atoms with Crippen LogP contribution in [0.15, 0.2) is 18.3 Å². The van der Waals surface area contributed by atoms with E-state index in [0.717, 1.165) is 12.8 Å². The van der Waals surface area contributed by atoms with Gasteiger partial charge < -0.3 is 9.64 Å². The number of esters is 1. The Balaban J connectivity index is 2.03. The molecule has 108 valence electrons. The van der Waals surface area contributed by atoms with E-state index in [0.29, 0.717) is 30.4 Å². The van der Waals surface area contributed by atoms with E-state index in [-0.39, 0.29) is 17.8 Å². The van der Waals surface area contributed by atoms with Gasteiger partial charge in [-0.15, -0.1) is 0 Å². The summed E-state index contributed by atoms with van der Waals surface area (Å²) in [4.78, 5) is 29.7. The summed E-state index contributed by atoms with van der Waals surface area (Å²) >= 11 is 5.75. The highest BCUT2D eigenvalue weighted by Crippen LogP contribution is 2.19. The number of pyridine rings is 1. The molecule has 0 unspecified atom stereocenters. The lowest BCUT2D eigenvalue weighted by Crippen LogP contribution is -2.43. The van der Waals surface area contributed by atoms with Gasteiger partial charge in [0.25, 0.3) is 5.91 Å². The number of piperidine rings is 1. The molecule has 1 atom stereocenters. The predicted octanol–water partition coefficient (Wildman–Crippen LogP) is 2.15. The van der Waals surface area contributed by atoms with Crippen LogP contribution in [0.3, 0.4) is 0 Å². The minimum atomic E-state index is -0.236. The van der Waals surface area contributed by atoms with E-state index < -0.39 is 0 Å². The van der Waals surface area contributed by atoms with Crippen molar-refractivity contribution >= 4 is 23.5 Å². The minimum absolute atomic E-state index is 0.171. The van der Waals surface area contributed by atoms with Gasteiger partial charge in [-0.3, -0.25) is 9.59 Å². The van der Waals surface area contributed by atoms with Gasteiger partial charge in [-0.1, -0.05) is 11.6 Å². The quantitative estimate of drug-likeness (QED) is 0.802. The Bertz CT molecular complexity index is 490. The first kappa shape index (κ1) is 14.8. The maximum Gasteiger partial charge on any atom is 0.310 e. The molecule has 0 aromatic carbocycles. The first-order valence-electron chi connectivity index (χ1n) is 6.69. The van der Waals surface area contributed by atoms with Crippen LogP contribution in [-0.2, 0) is 9.53 Å². The minimum Gasteiger partial charge on any atom is -0.466 e. The van der Waals surface area contributed by atoms with Crippen molar-refractivity contribution in [1.29, 1.82) is 0 Å². The van der Waals surface area contributed by atoms with E-state index in [1.165, 1.54) is 6.20 Å². The second-order valence-electron chi connectivity index (χ2n) is 4.70. The molecule has 1 aliphatic rings. The second-order valence-corrected chi connectivity index (χ2v) is 5.14. The molecule has 0 aliphatic carbocycles. The fraction of sp³-hybridized carbons (Fsp3) is 0.500. The summed E-state index contributed by atoms with van der Waals surface area (Å²) in [5.74, 6) is -0.635. The van der Waals surface area contributed by atoms with Gasteiger partial charge >= 0.3 is 5.97 Å². The Labute approximate surface area is 122 Å². The summed E-state index contributed by atoms with van der Waals surface area (Å²) in [5, 5.41) is 0.490. The standard InChI is InChI=1S/C14H17ClN2O3/c1-2-20-14(19)10-4-3-7-17(9-10)13(18)12-6-5-11(15)8-16-12/h5-6,8,10H,2-4,7,9H2,1H3/t10-/m0/s1. The van der Waals surface area contributed by atoms with Crippen LogP contribution in [0, 0.1) is 5.92 Å². The third kappa shape index (κ3) is 3.48. The summed E-state index contributed by atoms with van der Waals surface area (Å²) in [6, 6.07) is 3.23. The van der Waals surface area contributed by atoms with Gasteiger partial charge in [0.05, 0.1) is 17.5 Å². The highest BCUT2D eigenvalue weighted by Gasteiger charge is 2.30. The number of hydrogen-bond donors (Lipinski definition) is 0. The summed E-state index contributed by atoms with van der Waals surface area (Å²) in [7, 11) is 0. The van der Waals surface area contributed by atoms with Crippen molar-refractivity contribution < 1.29 is 14.3 Å². The fourth-order valence-corrected chi connectivity index (χ4v) is 2.39. The van der Waals surface area contributed by atoms with Crippen molar-refractivity contribution in [2.24, 2.45) is 5.92 Å². The molecule has 2 heterocycles. The zero-order valence-electron chi connectivity index (χ0n) is 11.3. The molecule has 5 nitrogen and oxygen atoms in total. The van der Waals surface area contributed by atoms with Gasteiger partial charge in [-0.2, -0.15) is 0 Å². The average molecular weight is 297 g/mol. The van der Waals surface area contributed by atoms with E-state index in [1.54, 1.807) is 24.0 Å². The smallest absolute Gasteiger partial charge is 0.310 e. The van der Waals surface area contributed by atoms with Crippen molar-refractivity contribution in [3.63, 3.8) is 0 Å². The molecular weight excluding hydrogens is 280 g/mol.